The Balaban J connectivity index is 0.00000703. The molecule has 4 fully saturated rings. The van der Waals surface area contributed by atoms with Crippen molar-refractivity contribution in [1.29, 1.82) is 0 Å². The molecule has 3 saturated carbocycles. The molecule has 13 nitrogen and oxygen atoms in total. The van der Waals surface area contributed by atoms with Gasteiger partial charge in [0.2, 0.25) is 5.91 Å². The van der Waals surface area contributed by atoms with E-state index in [1.807, 2.05) is 18.2 Å². The lowest BCUT2D eigenvalue weighted by atomic mass is 9.46. The van der Waals surface area contributed by atoms with Gasteiger partial charge in [-0.25, -0.2) is 9.49 Å². The van der Waals surface area contributed by atoms with Gasteiger partial charge in [-0.1, -0.05) is 57.5 Å². The van der Waals surface area contributed by atoms with Crippen LogP contribution in [0.25, 0.3) is 10.8 Å². The number of allylic oxidation sites excluding steroid dienone is 1. The number of rotatable bonds is 21. The van der Waals surface area contributed by atoms with E-state index in [0.29, 0.717) is 111 Å². The number of halogens is 1. The number of ketones is 3. The van der Waals surface area contributed by atoms with E-state index in [2.05, 4.69) is 24.0 Å². The normalized spacial score (nSPS) is 25.3. The number of hydrogen-bond acceptors (Lipinski definition) is 10. The molecule has 1 N–H and O–H groups in total. The van der Waals surface area contributed by atoms with Crippen LogP contribution in [-0.2, 0) is 39.8 Å². The molecule has 2 aromatic carbocycles. The third-order valence-corrected chi connectivity index (χ3v) is 16.5. The molecule has 3 aromatic rings. The lowest BCUT2D eigenvalue weighted by Crippen LogP contribution is -2.51. The molecular formula is C55H73FN4O9. The second kappa shape index (κ2) is 23.3. The third kappa shape index (κ3) is 11.8. The number of nitrogens with zero attached hydrogens (tertiary/aromatic N) is 3. The number of aromatic nitrogens is 2. The van der Waals surface area contributed by atoms with Crippen LogP contribution < -0.4 is 5.56 Å². The largest absolute Gasteiger partial charge is 0.379 e. The van der Waals surface area contributed by atoms with E-state index in [1.165, 1.54) is 17.7 Å². The highest BCUT2D eigenvalue weighted by molar-refractivity contribution is 5.95. The summed E-state index contributed by atoms with van der Waals surface area (Å²) in [4.78, 5) is 79.7. The highest BCUT2D eigenvalue weighted by atomic mass is 19.1. The van der Waals surface area contributed by atoms with E-state index < -0.39 is 11.7 Å². The Hall–Kier alpha value is -4.92. The summed E-state index contributed by atoms with van der Waals surface area (Å²) in [5.41, 5.74) is 2.52. The number of benzene rings is 2. The van der Waals surface area contributed by atoms with Crippen LogP contribution in [-0.4, -0.2) is 115 Å². The summed E-state index contributed by atoms with van der Waals surface area (Å²) in [7, 11) is 0. The first-order chi connectivity index (χ1) is 32.9. The maximum atomic E-state index is 14.9. The van der Waals surface area contributed by atoms with Gasteiger partial charge in [0.25, 0.3) is 11.5 Å². The maximum Gasteiger partial charge on any atom is 0.272 e. The second-order valence-corrected chi connectivity index (χ2v) is 20.5. The number of hydrogen-bond donors (Lipinski definition) is 1. The van der Waals surface area contributed by atoms with E-state index in [0.717, 1.165) is 64.2 Å². The van der Waals surface area contributed by atoms with Crippen molar-refractivity contribution < 1.29 is 42.6 Å². The van der Waals surface area contributed by atoms with E-state index in [1.54, 1.807) is 28.0 Å². The molecule has 14 heteroatoms. The third-order valence-electron chi connectivity index (χ3n) is 16.5. The molecule has 5 aliphatic rings. The van der Waals surface area contributed by atoms with E-state index in [-0.39, 0.29) is 85.7 Å². The zero-order chi connectivity index (χ0) is 47.8. The second-order valence-electron chi connectivity index (χ2n) is 20.5. The average molecular weight is 953 g/mol. The fraction of sp³-hybridized carbons (Fsp3) is 0.618. The van der Waals surface area contributed by atoms with Crippen molar-refractivity contribution in [2.24, 2.45) is 34.5 Å². The van der Waals surface area contributed by atoms with Gasteiger partial charge in [-0.3, -0.25) is 28.8 Å². The molecule has 0 unspecified atom stereocenters. The smallest absolute Gasteiger partial charge is 0.272 e. The lowest BCUT2D eigenvalue weighted by Gasteiger charge is -2.58. The molecule has 1 aliphatic heterocycles. The van der Waals surface area contributed by atoms with Crippen molar-refractivity contribution in [2.45, 2.75) is 118 Å². The minimum atomic E-state index is -0.631. The first-order valence-electron chi connectivity index (χ1n) is 25.2. The number of unbranched alkanes of at least 4 members (excludes halogenated alkanes) is 2. The number of amides is 2. The monoisotopic (exact) mass is 953 g/mol. The van der Waals surface area contributed by atoms with Gasteiger partial charge in [-0.2, -0.15) is 5.10 Å². The van der Waals surface area contributed by atoms with Gasteiger partial charge in [0, 0.05) is 76.4 Å². The molecule has 0 bridgehead atoms. The van der Waals surface area contributed by atoms with Gasteiger partial charge < -0.3 is 24.0 Å². The Morgan fingerprint density at radius 2 is 1.49 bits per heavy atom. The molecule has 1 saturated heterocycles. The van der Waals surface area contributed by atoms with E-state index in [4.69, 9.17) is 14.2 Å². The van der Waals surface area contributed by atoms with Crippen molar-refractivity contribution >= 4 is 39.9 Å². The molecule has 2 amide bonds. The Morgan fingerprint density at radius 3 is 2.30 bits per heavy atom. The van der Waals surface area contributed by atoms with Gasteiger partial charge in [0.05, 0.1) is 29.9 Å². The van der Waals surface area contributed by atoms with Crippen LogP contribution in [0.4, 0.5) is 4.39 Å². The molecule has 69 heavy (non-hydrogen) atoms. The summed E-state index contributed by atoms with van der Waals surface area (Å²) in [5, 5.41) is 7.91. The molecule has 2 heterocycles. The van der Waals surface area contributed by atoms with Crippen LogP contribution in [0.15, 0.2) is 58.9 Å². The number of carbonyl (C=O) groups excluding carboxylic acids is 5. The minimum absolute atomic E-state index is 0. The van der Waals surface area contributed by atoms with E-state index >= 15 is 0 Å². The standard InChI is InChI=1S/C54H69FN4O9.CH4/c1-53-21-19-39(61)33-37(53)14-15-42-44-16-17-46(54(44,2)22-20-45(42)53)49(62)34-67-27-7-3-4-9-38(60)10-8-28-66-29-30-68-35-50(63)58-23-25-59(26-24-58)52(65)43-31-36(13-18-47(43)55)32-48-40-11-5-6-12-41(40)51(64)57-56-48;/h5-6,11-13,18,31,33,42,44-46H,3-4,7-10,14-17,19-30,32,34-35H2,1-2H3,(H,57,64);1H4/t42-,44-,45-,46+,53-,54-;/m0./s1. The van der Waals surface area contributed by atoms with Gasteiger partial charge >= 0.3 is 0 Å². The van der Waals surface area contributed by atoms with Crippen molar-refractivity contribution in [1.82, 2.24) is 20.0 Å². The minimum Gasteiger partial charge on any atom is -0.379 e. The van der Waals surface area contributed by atoms with Crippen LogP contribution in [0.1, 0.15) is 133 Å². The van der Waals surface area contributed by atoms with Crippen LogP contribution in [0, 0.1) is 40.3 Å². The highest BCUT2D eigenvalue weighted by Gasteiger charge is 2.60. The highest BCUT2D eigenvalue weighted by Crippen LogP contribution is 2.66. The zero-order valence-electron chi connectivity index (χ0n) is 40.0. The Morgan fingerprint density at radius 1 is 0.768 bits per heavy atom. The molecule has 1 aromatic heterocycles. The number of carbonyl (C=O) groups is 5. The molecule has 0 spiro atoms. The van der Waals surface area contributed by atoms with E-state index in [9.17, 15) is 33.2 Å². The number of fused-ring (bicyclic) bond motifs is 6. The number of piperazine rings is 1. The molecule has 374 valence electrons. The zero-order valence-corrected chi connectivity index (χ0v) is 40.0. The SMILES string of the molecule is C.C[C@]12CC[C@H]3[C@@H](CCC4=CC(=O)CC[C@@]43C)[C@@H]1CC[C@@H]2C(=O)COCCCCCC(=O)CCCOCCOCC(=O)N1CCN(C(=O)c2cc(Cc3n[nH]c(=O)c4ccccc34)ccc2F)CC1. The fourth-order valence-corrected chi connectivity index (χ4v) is 12.7. The van der Waals surface area contributed by atoms with Gasteiger partial charge in [-0.15, -0.1) is 0 Å². The average Bonchev–Trinajstić information content (AvgIpc) is 3.71. The summed E-state index contributed by atoms with van der Waals surface area (Å²) >= 11 is 0. The Bertz CT molecular complexity index is 2430. The van der Waals surface area contributed by atoms with Crippen molar-refractivity contribution in [3.63, 3.8) is 0 Å². The maximum absolute atomic E-state index is 14.9. The van der Waals surface area contributed by atoms with Crippen LogP contribution >= 0.6 is 0 Å². The molecular weight excluding hydrogens is 880 g/mol. The molecule has 6 atom stereocenters. The molecule has 0 radical (unpaired) electrons. The number of Topliss-reactive ketones (excluding diaryl/α,β-unsaturated/α-hetero) is 2. The van der Waals surface area contributed by atoms with Crippen molar-refractivity contribution in [3.05, 3.63) is 87.1 Å². The topological polar surface area (TPSA) is 165 Å². The summed E-state index contributed by atoms with van der Waals surface area (Å²) in [5.74, 6) is 1.38. The number of aromatic amines is 1. The first kappa shape index (κ1) is 51.9. The summed E-state index contributed by atoms with van der Waals surface area (Å²) in [6.07, 6.45) is 14.5. The lowest BCUT2D eigenvalue weighted by molar-refractivity contribution is -0.138. The molecule has 8 rings (SSSR count). The predicted molar refractivity (Wildman–Crippen MR) is 261 cm³/mol. The first-order valence-corrected chi connectivity index (χ1v) is 25.2. The van der Waals surface area contributed by atoms with Gasteiger partial charge in [0.15, 0.2) is 11.6 Å². The summed E-state index contributed by atoms with van der Waals surface area (Å²) in [6, 6.07) is 11.5. The predicted octanol–water partition coefficient (Wildman–Crippen LogP) is 8.25. The molecule has 4 aliphatic carbocycles. The Kier molecular flexibility index (Phi) is 17.6. The van der Waals surface area contributed by atoms with Crippen molar-refractivity contribution in [3.8, 4) is 0 Å². The fourth-order valence-electron chi connectivity index (χ4n) is 12.7. The number of H-pyrrole nitrogens is 1. The Labute approximate surface area is 406 Å². The summed E-state index contributed by atoms with van der Waals surface area (Å²) < 4.78 is 32.0. The van der Waals surface area contributed by atoms with Gasteiger partial charge in [0.1, 0.15) is 24.8 Å². The van der Waals surface area contributed by atoms with Crippen LogP contribution in [0.2, 0.25) is 0 Å². The number of ether oxygens (including phenoxy) is 3. The van der Waals surface area contributed by atoms with Crippen LogP contribution in [0.5, 0.6) is 0 Å². The number of nitrogens with one attached hydrogen (secondary N) is 1. The van der Waals surface area contributed by atoms with Crippen molar-refractivity contribution in [2.75, 3.05) is 65.8 Å². The van der Waals surface area contributed by atoms with Crippen LogP contribution in [0.3, 0.4) is 0 Å². The quantitative estimate of drug-likeness (QED) is 0.103. The van der Waals surface area contributed by atoms with Gasteiger partial charge in [-0.05, 0) is 123 Å². The summed E-state index contributed by atoms with van der Waals surface area (Å²) in [6.45, 7) is 7.44.